The largest absolute Gasteiger partial charge is 0.476 e. The minimum absolute atomic E-state index is 0.0302. The van der Waals surface area contributed by atoms with Gasteiger partial charge in [-0.05, 0) is 18.2 Å². The van der Waals surface area contributed by atoms with E-state index in [4.69, 9.17) is 16.7 Å². The van der Waals surface area contributed by atoms with Crippen molar-refractivity contribution in [1.82, 2.24) is 4.98 Å². The number of sulfone groups is 1. The smallest absolute Gasteiger partial charge is 0.356 e. The maximum atomic E-state index is 11.2. The number of anilines is 1. The molecule has 0 aromatic carbocycles. The maximum absolute atomic E-state index is 11.2. The Morgan fingerprint density at radius 3 is 2.78 bits per heavy atom. The minimum Gasteiger partial charge on any atom is -0.476 e. The first kappa shape index (κ1) is 12.8. The van der Waals surface area contributed by atoms with Crippen LogP contribution in [0.25, 0.3) is 0 Å². The number of rotatable bonds is 3. The Bertz CT molecular complexity index is 627. The second-order valence-electron chi connectivity index (χ2n) is 3.74. The molecule has 1 aromatic heterocycles. The Hall–Kier alpha value is -1.60. The number of hydrogen-bond acceptors (Lipinski definition) is 5. The molecule has 0 radical (unpaired) electrons. The summed E-state index contributed by atoms with van der Waals surface area (Å²) in [5, 5.41) is 12.8. The topological polar surface area (TPSA) is 96.4 Å². The zero-order valence-corrected chi connectivity index (χ0v) is 10.6. The normalized spacial score (nSPS) is 20.8. The van der Waals surface area contributed by atoms with Gasteiger partial charge in [-0.2, -0.15) is 0 Å². The summed E-state index contributed by atoms with van der Waals surface area (Å²) in [5.41, 5.74) is -0.272. The number of aromatic nitrogens is 1. The van der Waals surface area contributed by atoms with Gasteiger partial charge in [0.15, 0.2) is 15.5 Å². The number of carboxylic acids is 1. The van der Waals surface area contributed by atoms with Crippen molar-refractivity contribution in [3.63, 3.8) is 0 Å². The highest BCUT2D eigenvalue weighted by Crippen LogP contribution is 2.19. The Kier molecular flexibility index (Phi) is 3.27. The number of nitrogens with one attached hydrogen (secondary N) is 1. The van der Waals surface area contributed by atoms with Crippen molar-refractivity contribution in [3.8, 4) is 0 Å². The molecule has 2 heterocycles. The first-order chi connectivity index (χ1) is 8.37. The maximum Gasteiger partial charge on any atom is 0.356 e. The van der Waals surface area contributed by atoms with Crippen molar-refractivity contribution in [2.24, 2.45) is 0 Å². The molecule has 96 valence electrons. The van der Waals surface area contributed by atoms with E-state index in [0.717, 1.165) is 5.41 Å². The standard InChI is InChI=1S/C10H9ClN2O4S/c11-7-1-2-8(13-9(7)10(14)15)12-6-3-4-18(16,17)5-6/h1-4,6H,5H2,(H,12,13)(H,14,15). The van der Waals surface area contributed by atoms with Crippen LogP contribution in [0, 0.1) is 0 Å². The van der Waals surface area contributed by atoms with E-state index in [2.05, 4.69) is 10.3 Å². The van der Waals surface area contributed by atoms with Gasteiger partial charge in [0.2, 0.25) is 0 Å². The van der Waals surface area contributed by atoms with Crippen LogP contribution in [-0.4, -0.2) is 36.3 Å². The first-order valence-electron chi connectivity index (χ1n) is 4.95. The molecule has 0 spiro atoms. The molecule has 0 amide bonds. The predicted molar refractivity (Wildman–Crippen MR) is 66.5 cm³/mol. The van der Waals surface area contributed by atoms with Crippen molar-refractivity contribution in [2.75, 3.05) is 11.1 Å². The molecule has 1 unspecified atom stereocenters. The summed E-state index contributed by atoms with van der Waals surface area (Å²) in [6.07, 6.45) is 1.49. The fraction of sp³-hybridized carbons (Fsp3) is 0.200. The van der Waals surface area contributed by atoms with E-state index in [1.54, 1.807) is 0 Å². The molecule has 1 aliphatic heterocycles. The molecule has 0 bridgehead atoms. The number of pyridine rings is 1. The lowest BCUT2D eigenvalue weighted by Gasteiger charge is -2.11. The summed E-state index contributed by atoms with van der Waals surface area (Å²) in [6, 6.07) is 2.48. The summed E-state index contributed by atoms with van der Waals surface area (Å²) in [6.45, 7) is 0. The molecule has 2 rings (SSSR count). The van der Waals surface area contributed by atoms with Crippen LogP contribution in [0.15, 0.2) is 23.6 Å². The van der Waals surface area contributed by atoms with Gasteiger partial charge in [0, 0.05) is 5.41 Å². The van der Waals surface area contributed by atoms with Crippen LogP contribution in [0.3, 0.4) is 0 Å². The van der Waals surface area contributed by atoms with Crippen LogP contribution in [0.4, 0.5) is 5.82 Å². The molecule has 1 aromatic rings. The van der Waals surface area contributed by atoms with E-state index in [1.165, 1.54) is 18.2 Å². The van der Waals surface area contributed by atoms with Crippen LogP contribution >= 0.6 is 11.6 Å². The van der Waals surface area contributed by atoms with Gasteiger partial charge >= 0.3 is 5.97 Å². The summed E-state index contributed by atoms with van der Waals surface area (Å²) in [5.74, 6) is -1.04. The fourth-order valence-corrected chi connectivity index (χ4v) is 2.95. The molecule has 1 aliphatic rings. The lowest BCUT2D eigenvalue weighted by atomic mass is 10.3. The molecule has 0 saturated carbocycles. The highest BCUT2D eigenvalue weighted by atomic mass is 35.5. The third kappa shape index (κ3) is 2.80. The molecule has 2 N–H and O–H groups in total. The molecular formula is C10H9ClN2O4S. The highest BCUT2D eigenvalue weighted by Gasteiger charge is 2.22. The van der Waals surface area contributed by atoms with Gasteiger partial charge in [-0.25, -0.2) is 18.2 Å². The van der Waals surface area contributed by atoms with Crippen molar-refractivity contribution in [2.45, 2.75) is 6.04 Å². The van der Waals surface area contributed by atoms with Gasteiger partial charge in [-0.3, -0.25) is 0 Å². The number of hydrogen-bond donors (Lipinski definition) is 2. The van der Waals surface area contributed by atoms with E-state index in [9.17, 15) is 13.2 Å². The first-order valence-corrected chi connectivity index (χ1v) is 7.04. The van der Waals surface area contributed by atoms with E-state index < -0.39 is 21.8 Å². The van der Waals surface area contributed by atoms with Crippen LogP contribution < -0.4 is 5.32 Å². The number of halogens is 1. The van der Waals surface area contributed by atoms with Crippen molar-refractivity contribution < 1.29 is 18.3 Å². The summed E-state index contributed by atoms with van der Waals surface area (Å²) in [7, 11) is -3.16. The number of aromatic carboxylic acids is 1. The Morgan fingerprint density at radius 2 is 2.22 bits per heavy atom. The third-order valence-electron chi connectivity index (χ3n) is 2.31. The molecular weight excluding hydrogens is 280 g/mol. The van der Waals surface area contributed by atoms with E-state index in [1.807, 2.05) is 0 Å². The van der Waals surface area contributed by atoms with Gasteiger partial charge < -0.3 is 10.4 Å². The SMILES string of the molecule is O=C(O)c1nc(NC2C=CS(=O)(=O)C2)ccc1Cl. The highest BCUT2D eigenvalue weighted by molar-refractivity contribution is 7.94. The number of carboxylic acid groups (broad SMARTS) is 1. The molecule has 8 heteroatoms. The number of carbonyl (C=O) groups is 1. The predicted octanol–water partition coefficient (Wildman–Crippen LogP) is 1.16. The van der Waals surface area contributed by atoms with Gasteiger partial charge in [0.05, 0.1) is 16.8 Å². The lowest BCUT2D eigenvalue weighted by Crippen LogP contribution is -2.22. The van der Waals surface area contributed by atoms with Crippen molar-refractivity contribution in [3.05, 3.63) is 34.3 Å². The minimum atomic E-state index is -3.16. The zero-order valence-electron chi connectivity index (χ0n) is 9.00. The average molecular weight is 289 g/mol. The monoisotopic (exact) mass is 288 g/mol. The number of nitrogens with zero attached hydrogens (tertiary/aromatic N) is 1. The van der Waals surface area contributed by atoms with E-state index in [-0.39, 0.29) is 22.3 Å². The molecule has 0 fully saturated rings. The molecule has 18 heavy (non-hydrogen) atoms. The molecule has 1 atom stereocenters. The Balaban J connectivity index is 2.19. The van der Waals surface area contributed by atoms with E-state index in [0.29, 0.717) is 0 Å². The van der Waals surface area contributed by atoms with Crippen LogP contribution in [-0.2, 0) is 9.84 Å². The lowest BCUT2D eigenvalue weighted by molar-refractivity contribution is 0.0691. The van der Waals surface area contributed by atoms with Gasteiger partial charge in [0.25, 0.3) is 0 Å². The quantitative estimate of drug-likeness (QED) is 0.866. The Labute approximate surface area is 108 Å². The van der Waals surface area contributed by atoms with E-state index >= 15 is 0 Å². The Morgan fingerprint density at radius 1 is 1.50 bits per heavy atom. The zero-order chi connectivity index (χ0) is 13.3. The third-order valence-corrected chi connectivity index (χ3v) is 4.01. The van der Waals surface area contributed by atoms with Gasteiger partial charge in [0.1, 0.15) is 5.82 Å². The summed E-state index contributed by atoms with van der Waals surface area (Å²) in [4.78, 5) is 14.6. The van der Waals surface area contributed by atoms with Crippen LogP contribution in [0.5, 0.6) is 0 Å². The second kappa shape index (κ2) is 4.58. The van der Waals surface area contributed by atoms with Crippen LogP contribution in [0.2, 0.25) is 5.02 Å². The van der Waals surface area contributed by atoms with Crippen molar-refractivity contribution >= 4 is 33.2 Å². The fourth-order valence-electron chi connectivity index (χ4n) is 1.53. The molecule has 6 nitrogen and oxygen atoms in total. The summed E-state index contributed by atoms with van der Waals surface area (Å²) < 4.78 is 22.4. The summed E-state index contributed by atoms with van der Waals surface area (Å²) >= 11 is 5.67. The van der Waals surface area contributed by atoms with Crippen molar-refractivity contribution in [1.29, 1.82) is 0 Å². The second-order valence-corrected chi connectivity index (χ2v) is 6.08. The molecule has 0 saturated heterocycles. The van der Waals surface area contributed by atoms with Gasteiger partial charge in [-0.1, -0.05) is 11.6 Å². The molecule has 0 aliphatic carbocycles. The van der Waals surface area contributed by atoms with Crippen LogP contribution in [0.1, 0.15) is 10.5 Å². The van der Waals surface area contributed by atoms with Gasteiger partial charge in [-0.15, -0.1) is 0 Å². The average Bonchev–Trinajstić information content (AvgIpc) is 2.60.